The molecule has 0 bridgehead atoms. The molecule has 2 fully saturated rings. The molecule has 1 heterocycles. The molecule has 4 heteroatoms. The zero-order valence-corrected chi connectivity index (χ0v) is 9.16. The van der Waals surface area contributed by atoms with Gasteiger partial charge in [0.2, 0.25) is 0 Å². The molecule has 15 heavy (non-hydrogen) atoms. The Kier molecular flexibility index (Phi) is 2.93. The summed E-state index contributed by atoms with van der Waals surface area (Å²) in [5, 5.41) is 2.74. The summed E-state index contributed by atoms with van der Waals surface area (Å²) in [5.74, 6) is -0.750. The number of carbonyl (C=O) groups is 2. The minimum Gasteiger partial charge on any atom is -0.345 e. The van der Waals surface area contributed by atoms with Crippen LogP contribution in [0, 0.1) is 0 Å². The van der Waals surface area contributed by atoms with Gasteiger partial charge in [-0.15, -0.1) is 0 Å². The van der Waals surface area contributed by atoms with Crippen LogP contribution in [0.4, 0.5) is 0 Å². The minimum atomic E-state index is -0.411. The van der Waals surface area contributed by atoms with Gasteiger partial charge < -0.3 is 10.2 Å². The standard InChI is InChI=1S/C11H18N2O2/c1-8-4-2-3-7-13(8)11(15)10(14)12-9-5-6-9/h8-9H,2-7H2,1H3,(H,12,14). The van der Waals surface area contributed by atoms with Crippen molar-refractivity contribution in [1.29, 1.82) is 0 Å². The van der Waals surface area contributed by atoms with E-state index < -0.39 is 5.91 Å². The lowest BCUT2D eigenvalue weighted by molar-refractivity contribution is -0.148. The van der Waals surface area contributed by atoms with E-state index in [4.69, 9.17) is 0 Å². The maximum Gasteiger partial charge on any atom is 0.312 e. The van der Waals surface area contributed by atoms with Crippen LogP contribution in [0.5, 0.6) is 0 Å². The molecular formula is C11H18N2O2. The third-order valence-electron chi connectivity index (χ3n) is 3.17. The predicted molar refractivity (Wildman–Crippen MR) is 56.2 cm³/mol. The molecule has 4 nitrogen and oxygen atoms in total. The number of rotatable bonds is 1. The lowest BCUT2D eigenvalue weighted by Gasteiger charge is -2.32. The zero-order valence-electron chi connectivity index (χ0n) is 9.16. The van der Waals surface area contributed by atoms with Gasteiger partial charge in [-0.25, -0.2) is 0 Å². The second-order valence-electron chi connectivity index (χ2n) is 4.59. The molecule has 0 aromatic carbocycles. The SMILES string of the molecule is CC1CCCCN1C(=O)C(=O)NC1CC1. The molecular weight excluding hydrogens is 192 g/mol. The lowest BCUT2D eigenvalue weighted by atomic mass is 10.0. The third-order valence-corrected chi connectivity index (χ3v) is 3.17. The lowest BCUT2D eigenvalue weighted by Crippen LogP contribution is -2.49. The van der Waals surface area contributed by atoms with Crippen LogP contribution in [0.15, 0.2) is 0 Å². The Hall–Kier alpha value is -1.06. The number of nitrogens with zero attached hydrogens (tertiary/aromatic N) is 1. The second-order valence-corrected chi connectivity index (χ2v) is 4.59. The Morgan fingerprint density at radius 3 is 2.53 bits per heavy atom. The molecule has 0 aromatic heterocycles. The van der Waals surface area contributed by atoms with E-state index >= 15 is 0 Å². The quantitative estimate of drug-likeness (QED) is 0.647. The average molecular weight is 210 g/mol. The van der Waals surface area contributed by atoms with Crippen LogP contribution < -0.4 is 5.32 Å². The fourth-order valence-corrected chi connectivity index (χ4v) is 2.01. The number of amides is 2. The summed E-state index contributed by atoms with van der Waals surface area (Å²) >= 11 is 0. The minimum absolute atomic E-state index is 0.219. The summed E-state index contributed by atoms with van der Waals surface area (Å²) in [5.41, 5.74) is 0. The highest BCUT2D eigenvalue weighted by atomic mass is 16.2. The van der Waals surface area contributed by atoms with Gasteiger partial charge in [0.05, 0.1) is 0 Å². The summed E-state index contributed by atoms with van der Waals surface area (Å²) in [6.07, 6.45) is 5.24. The van der Waals surface area contributed by atoms with Gasteiger partial charge in [0.25, 0.3) is 0 Å². The monoisotopic (exact) mass is 210 g/mol. The van der Waals surface area contributed by atoms with E-state index in [2.05, 4.69) is 5.32 Å². The summed E-state index contributed by atoms with van der Waals surface area (Å²) in [7, 11) is 0. The molecule has 1 unspecified atom stereocenters. The second kappa shape index (κ2) is 4.21. The summed E-state index contributed by atoms with van der Waals surface area (Å²) < 4.78 is 0. The number of hydrogen-bond donors (Lipinski definition) is 1. The number of hydrogen-bond acceptors (Lipinski definition) is 2. The summed E-state index contributed by atoms with van der Waals surface area (Å²) in [6.45, 7) is 2.75. The van der Waals surface area contributed by atoms with E-state index in [0.717, 1.165) is 38.6 Å². The molecule has 1 saturated carbocycles. The highest BCUT2D eigenvalue weighted by Crippen LogP contribution is 2.20. The molecule has 0 aromatic rings. The smallest absolute Gasteiger partial charge is 0.312 e. The highest BCUT2D eigenvalue weighted by molar-refractivity contribution is 6.35. The third kappa shape index (κ3) is 2.49. The molecule has 1 saturated heterocycles. The maximum absolute atomic E-state index is 11.8. The molecule has 1 aliphatic carbocycles. The van der Waals surface area contributed by atoms with Gasteiger partial charge >= 0.3 is 11.8 Å². The van der Waals surface area contributed by atoms with Crippen molar-refractivity contribution in [1.82, 2.24) is 10.2 Å². The van der Waals surface area contributed by atoms with Crippen molar-refractivity contribution in [2.24, 2.45) is 0 Å². The van der Waals surface area contributed by atoms with E-state index in [1.54, 1.807) is 4.90 Å². The van der Waals surface area contributed by atoms with Crippen LogP contribution in [-0.2, 0) is 9.59 Å². The van der Waals surface area contributed by atoms with Gasteiger partial charge in [0.15, 0.2) is 0 Å². The number of nitrogens with one attached hydrogen (secondary N) is 1. The van der Waals surface area contributed by atoms with E-state index in [9.17, 15) is 9.59 Å². The number of carbonyl (C=O) groups excluding carboxylic acids is 2. The van der Waals surface area contributed by atoms with Gasteiger partial charge in [-0.1, -0.05) is 0 Å². The largest absolute Gasteiger partial charge is 0.345 e. The molecule has 2 amide bonds. The van der Waals surface area contributed by atoms with Crippen molar-refractivity contribution in [3.8, 4) is 0 Å². The Bertz CT molecular complexity index is 274. The Morgan fingerprint density at radius 1 is 1.20 bits per heavy atom. The highest BCUT2D eigenvalue weighted by Gasteiger charge is 2.31. The molecule has 0 radical (unpaired) electrons. The van der Waals surface area contributed by atoms with Gasteiger partial charge in [-0.2, -0.15) is 0 Å². The fraction of sp³-hybridized carbons (Fsp3) is 0.818. The molecule has 1 N–H and O–H groups in total. The van der Waals surface area contributed by atoms with Crippen molar-refractivity contribution in [2.75, 3.05) is 6.54 Å². The van der Waals surface area contributed by atoms with Crippen molar-refractivity contribution < 1.29 is 9.59 Å². The predicted octanol–water partition coefficient (Wildman–Crippen LogP) is 0.666. The topological polar surface area (TPSA) is 49.4 Å². The van der Waals surface area contributed by atoms with E-state index in [1.165, 1.54) is 0 Å². The molecule has 1 aliphatic heterocycles. The normalized spacial score (nSPS) is 26.2. The molecule has 2 rings (SSSR count). The van der Waals surface area contributed by atoms with Gasteiger partial charge in [0.1, 0.15) is 0 Å². The van der Waals surface area contributed by atoms with Gasteiger partial charge in [-0.3, -0.25) is 9.59 Å². The van der Waals surface area contributed by atoms with Crippen LogP contribution in [0.25, 0.3) is 0 Å². The Morgan fingerprint density at radius 2 is 1.93 bits per heavy atom. The Labute approximate surface area is 90.0 Å². The summed E-state index contributed by atoms with van der Waals surface area (Å²) in [6, 6.07) is 0.484. The first-order valence-electron chi connectivity index (χ1n) is 5.80. The van der Waals surface area contributed by atoms with Crippen molar-refractivity contribution >= 4 is 11.8 Å². The van der Waals surface area contributed by atoms with Crippen LogP contribution >= 0.6 is 0 Å². The average Bonchev–Trinajstić information content (AvgIpc) is 3.01. The Balaban J connectivity index is 1.89. The van der Waals surface area contributed by atoms with Crippen molar-refractivity contribution in [3.05, 3.63) is 0 Å². The number of likely N-dealkylation sites (tertiary alicyclic amines) is 1. The van der Waals surface area contributed by atoms with E-state index in [0.29, 0.717) is 0 Å². The molecule has 84 valence electrons. The molecule has 0 spiro atoms. The fourth-order valence-electron chi connectivity index (χ4n) is 2.01. The van der Waals surface area contributed by atoms with Crippen LogP contribution in [0.2, 0.25) is 0 Å². The zero-order chi connectivity index (χ0) is 10.8. The van der Waals surface area contributed by atoms with Crippen LogP contribution in [-0.4, -0.2) is 35.3 Å². The summed E-state index contributed by atoms with van der Waals surface area (Å²) in [4.78, 5) is 25.0. The maximum atomic E-state index is 11.8. The van der Waals surface area contributed by atoms with Crippen LogP contribution in [0.1, 0.15) is 39.0 Å². The molecule has 2 aliphatic rings. The van der Waals surface area contributed by atoms with E-state index in [1.807, 2.05) is 6.92 Å². The van der Waals surface area contributed by atoms with Crippen LogP contribution in [0.3, 0.4) is 0 Å². The van der Waals surface area contributed by atoms with Gasteiger partial charge in [-0.05, 0) is 39.0 Å². The first-order chi connectivity index (χ1) is 7.18. The first-order valence-corrected chi connectivity index (χ1v) is 5.80. The first kappa shape index (κ1) is 10.5. The number of piperidine rings is 1. The van der Waals surface area contributed by atoms with Gasteiger partial charge in [0, 0.05) is 18.6 Å². The van der Waals surface area contributed by atoms with Crippen molar-refractivity contribution in [3.63, 3.8) is 0 Å². The van der Waals surface area contributed by atoms with Crippen molar-refractivity contribution in [2.45, 2.75) is 51.1 Å². The van der Waals surface area contributed by atoms with E-state index in [-0.39, 0.29) is 18.0 Å². The molecule has 1 atom stereocenters.